The molecule has 2 aliphatic rings. The molecule has 4 nitrogen and oxygen atoms in total. The van der Waals surface area contributed by atoms with Crippen LogP contribution >= 0.6 is 0 Å². The van der Waals surface area contributed by atoms with E-state index in [0.29, 0.717) is 0 Å². The van der Waals surface area contributed by atoms with E-state index in [1.54, 1.807) is 6.33 Å². The Bertz CT molecular complexity index is 432. The van der Waals surface area contributed by atoms with Crippen LogP contribution in [0.2, 0.25) is 0 Å². The molecule has 104 valence electrons. The fraction of sp³-hybridized carbons (Fsp3) is 0.733. The summed E-state index contributed by atoms with van der Waals surface area (Å²) in [5, 5.41) is 3.45. The number of fused-ring (bicyclic) bond motifs is 1. The Kier molecular flexibility index (Phi) is 3.97. The van der Waals surface area contributed by atoms with Crippen molar-refractivity contribution in [3.8, 4) is 0 Å². The van der Waals surface area contributed by atoms with Crippen molar-refractivity contribution in [3.05, 3.63) is 17.6 Å². The molecule has 1 atom stereocenters. The number of hydrogen-bond acceptors (Lipinski definition) is 4. The first-order valence-electron chi connectivity index (χ1n) is 7.67. The third-order valence-corrected chi connectivity index (χ3v) is 4.58. The van der Waals surface area contributed by atoms with E-state index in [4.69, 9.17) is 0 Å². The molecule has 1 saturated heterocycles. The molecule has 0 amide bonds. The van der Waals surface area contributed by atoms with Crippen LogP contribution in [0.5, 0.6) is 0 Å². The van der Waals surface area contributed by atoms with Gasteiger partial charge in [0, 0.05) is 38.2 Å². The second-order valence-corrected chi connectivity index (χ2v) is 5.74. The van der Waals surface area contributed by atoms with Gasteiger partial charge in [0.1, 0.15) is 12.1 Å². The summed E-state index contributed by atoms with van der Waals surface area (Å²) in [5.41, 5.74) is 2.59. The van der Waals surface area contributed by atoms with Gasteiger partial charge in [0.2, 0.25) is 0 Å². The Balaban J connectivity index is 1.81. The predicted octanol–water partition coefficient (Wildman–Crippen LogP) is 2.14. The van der Waals surface area contributed by atoms with Crippen molar-refractivity contribution in [1.29, 1.82) is 0 Å². The van der Waals surface area contributed by atoms with Gasteiger partial charge in [-0.15, -0.1) is 0 Å². The van der Waals surface area contributed by atoms with Crippen LogP contribution < -0.4 is 10.2 Å². The van der Waals surface area contributed by atoms with Gasteiger partial charge in [-0.3, -0.25) is 0 Å². The fourth-order valence-corrected chi connectivity index (χ4v) is 3.31. The average Bonchev–Trinajstić information content (AvgIpc) is 2.72. The van der Waals surface area contributed by atoms with Crippen LogP contribution in [0.3, 0.4) is 0 Å². The molecule has 1 unspecified atom stereocenters. The summed E-state index contributed by atoms with van der Waals surface area (Å²) in [6.45, 7) is 6.60. The van der Waals surface area contributed by atoms with Gasteiger partial charge in [-0.05, 0) is 25.2 Å². The lowest BCUT2D eigenvalue weighted by molar-refractivity contribution is 0.459. The first-order valence-corrected chi connectivity index (χ1v) is 7.67. The number of hydrogen-bond donors (Lipinski definition) is 1. The highest BCUT2D eigenvalue weighted by molar-refractivity contribution is 5.49. The number of nitrogens with zero attached hydrogens (tertiary/aromatic N) is 3. The highest BCUT2D eigenvalue weighted by Crippen LogP contribution is 2.27. The third kappa shape index (κ3) is 2.73. The van der Waals surface area contributed by atoms with Crippen molar-refractivity contribution in [2.45, 2.75) is 45.6 Å². The molecule has 1 N–H and O–H groups in total. The van der Waals surface area contributed by atoms with Crippen LogP contribution in [0.15, 0.2) is 6.33 Å². The molecule has 0 spiro atoms. The van der Waals surface area contributed by atoms with E-state index >= 15 is 0 Å². The summed E-state index contributed by atoms with van der Waals surface area (Å²) < 4.78 is 0. The Labute approximate surface area is 115 Å². The van der Waals surface area contributed by atoms with Crippen LogP contribution in [0.1, 0.15) is 43.9 Å². The smallest absolute Gasteiger partial charge is 0.136 e. The molecular formula is C15H24N4. The molecular weight excluding hydrogens is 236 g/mol. The Morgan fingerprint density at radius 3 is 3.16 bits per heavy atom. The lowest BCUT2D eigenvalue weighted by Crippen LogP contribution is -2.31. The lowest BCUT2D eigenvalue weighted by Gasteiger charge is -2.27. The van der Waals surface area contributed by atoms with E-state index in [1.807, 2.05) is 0 Å². The van der Waals surface area contributed by atoms with Crippen molar-refractivity contribution in [1.82, 2.24) is 15.3 Å². The van der Waals surface area contributed by atoms with Crippen molar-refractivity contribution in [3.63, 3.8) is 0 Å². The number of aromatic nitrogens is 2. The molecule has 1 aromatic heterocycles. The molecule has 0 saturated carbocycles. The summed E-state index contributed by atoms with van der Waals surface area (Å²) in [6.07, 6.45) is 8.08. The summed E-state index contributed by atoms with van der Waals surface area (Å²) in [5.74, 6) is 2.09. The van der Waals surface area contributed by atoms with E-state index < -0.39 is 0 Å². The minimum absolute atomic E-state index is 0.904. The van der Waals surface area contributed by atoms with Crippen LogP contribution in [0.4, 0.5) is 5.82 Å². The van der Waals surface area contributed by atoms with E-state index in [2.05, 4.69) is 27.1 Å². The fourth-order valence-electron chi connectivity index (χ4n) is 3.31. The van der Waals surface area contributed by atoms with Crippen LogP contribution in [-0.4, -0.2) is 29.6 Å². The van der Waals surface area contributed by atoms with Gasteiger partial charge < -0.3 is 10.2 Å². The van der Waals surface area contributed by atoms with E-state index in [-0.39, 0.29) is 0 Å². The zero-order valence-corrected chi connectivity index (χ0v) is 11.9. The van der Waals surface area contributed by atoms with Gasteiger partial charge in [0.15, 0.2) is 0 Å². The molecule has 0 aliphatic carbocycles. The maximum atomic E-state index is 4.58. The highest BCUT2D eigenvalue weighted by Gasteiger charge is 2.22. The normalized spacial score (nSPS) is 23.8. The molecule has 1 fully saturated rings. The molecule has 1 aromatic rings. The molecule has 0 radical (unpaired) electrons. The zero-order valence-electron chi connectivity index (χ0n) is 11.9. The highest BCUT2D eigenvalue weighted by atomic mass is 15.2. The Morgan fingerprint density at radius 2 is 2.26 bits per heavy atom. The van der Waals surface area contributed by atoms with Crippen molar-refractivity contribution >= 4 is 5.82 Å². The second-order valence-electron chi connectivity index (χ2n) is 5.74. The molecule has 4 heteroatoms. The molecule has 0 aromatic carbocycles. The van der Waals surface area contributed by atoms with Gasteiger partial charge in [0.25, 0.3) is 0 Å². The zero-order chi connectivity index (χ0) is 13.1. The van der Waals surface area contributed by atoms with Crippen molar-refractivity contribution in [2.75, 3.05) is 24.5 Å². The predicted molar refractivity (Wildman–Crippen MR) is 77.3 cm³/mol. The summed E-state index contributed by atoms with van der Waals surface area (Å²) in [6, 6.07) is 0. The minimum atomic E-state index is 0.904. The van der Waals surface area contributed by atoms with Crippen LogP contribution in [0.25, 0.3) is 0 Å². The topological polar surface area (TPSA) is 41.1 Å². The number of anilines is 1. The van der Waals surface area contributed by atoms with E-state index in [1.165, 1.54) is 42.8 Å². The third-order valence-electron chi connectivity index (χ3n) is 4.58. The second kappa shape index (κ2) is 5.87. The Morgan fingerprint density at radius 1 is 1.32 bits per heavy atom. The van der Waals surface area contributed by atoms with E-state index in [9.17, 15) is 0 Å². The van der Waals surface area contributed by atoms with Gasteiger partial charge in [-0.25, -0.2) is 9.97 Å². The van der Waals surface area contributed by atoms with Crippen LogP contribution in [0, 0.1) is 5.92 Å². The molecule has 3 heterocycles. The van der Waals surface area contributed by atoms with Gasteiger partial charge in [-0.1, -0.05) is 13.3 Å². The largest absolute Gasteiger partial charge is 0.356 e. The summed E-state index contributed by atoms with van der Waals surface area (Å²) in [7, 11) is 0. The quantitative estimate of drug-likeness (QED) is 0.884. The molecule has 19 heavy (non-hydrogen) atoms. The number of nitrogens with one attached hydrogen (secondary N) is 1. The average molecular weight is 260 g/mol. The van der Waals surface area contributed by atoms with Crippen molar-refractivity contribution < 1.29 is 0 Å². The maximum absolute atomic E-state index is 4.58. The first kappa shape index (κ1) is 12.9. The number of rotatable bonds is 2. The van der Waals surface area contributed by atoms with Gasteiger partial charge in [0.05, 0.1) is 5.69 Å². The van der Waals surface area contributed by atoms with E-state index in [0.717, 1.165) is 38.5 Å². The summed E-state index contributed by atoms with van der Waals surface area (Å²) >= 11 is 0. The molecule has 0 bridgehead atoms. The van der Waals surface area contributed by atoms with Gasteiger partial charge >= 0.3 is 0 Å². The van der Waals surface area contributed by atoms with Gasteiger partial charge in [-0.2, -0.15) is 0 Å². The van der Waals surface area contributed by atoms with Crippen LogP contribution in [-0.2, 0) is 13.0 Å². The van der Waals surface area contributed by atoms with Crippen molar-refractivity contribution in [2.24, 2.45) is 5.92 Å². The monoisotopic (exact) mass is 260 g/mol. The molecule has 2 aliphatic heterocycles. The maximum Gasteiger partial charge on any atom is 0.136 e. The summed E-state index contributed by atoms with van der Waals surface area (Å²) in [4.78, 5) is 11.5. The SMILES string of the molecule is CCC1CCCN(c2ncnc3c2CNCC3)CC1. The Hall–Kier alpha value is -1.16. The first-order chi connectivity index (χ1) is 9.38. The molecule has 3 rings (SSSR count). The minimum Gasteiger partial charge on any atom is -0.356 e. The standard InChI is InChI=1S/C15H24N4/c1-2-12-4-3-8-19(9-6-12)15-13-10-16-7-5-14(13)17-11-18-15/h11-12,16H,2-10H2,1H3. The lowest BCUT2D eigenvalue weighted by atomic mass is 9.98.